The van der Waals surface area contributed by atoms with Crippen LogP contribution in [0.15, 0.2) is 46.6 Å². The molecule has 2 atom stereocenters. The van der Waals surface area contributed by atoms with Gasteiger partial charge in [-0.1, -0.05) is 6.07 Å². The molecule has 0 spiro atoms. The number of guanidine groups is 2. The number of fused-ring (bicyclic) bond motifs is 3. The predicted octanol–water partition coefficient (Wildman–Crippen LogP) is 2.28. The van der Waals surface area contributed by atoms with Gasteiger partial charge in [-0.3, -0.25) is 15.4 Å². The van der Waals surface area contributed by atoms with Crippen molar-refractivity contribution in [3.8, 4) is 5.88 Å². The van der Waals surface area contributed by atoms with E-state index in [0.717, 1.165) is 68.9 Å². The molecule has 172 valence electrons. The van der Waals surface area contributed by atoms with Crippen LogP contribution in [0.25, 0.3) is 0 Å². The normalized spacial score (nSPS) is 27.5. The second-order valence-corrected chi connectivity index (χ2v) is 8.98. The Morgan fingerprint density at radius 2 is 2.00 bits per heavy atom. The maximum Gasteiger partial charge on any atom is 0.227 e. The zero-order valence-electron chi connectivity index (χ0n) is 18.6. The highest BCUT2D eigenvalue weighted by Gasteiger charge is 2.44. The van der Waals surface area contributed by atoms with Gasteiger partial charge in [-0.2, -0.15) is 0 Å². The number of methoxy groups -OCH3 is 1. The number of rotatable bonds is 4. The van der Waals surface area contributed by atoms with Crippen molar-refractivity contribution in [2.45, 2.75) is 25.3 Å². The van der Waals surface area contributed by atoms with Gasteiger partial charge in [-0.15, -0.1) is 0 Å². The van der Waals surface area contributed by atoms with E-state index >= 15 is 0 Å². The molecule has 6 rings (SSSR count). The van der Waals surface area contributed by atoms with Gasteiger partial charge in [0.1, 0.15) is 18.0 Å². The van der Waals surface area contributed by atoms with Crippen LogP contribution in [0.3, 0.4) is 0 Å². The van der Waals surface area contributed by atoms with Crippen LogP contribution in [0.2, 0.25) is 0 Å². The lowest BCUT2D eigenvalue weighted by Gasteiger charge is -2.37. The summed E-state index contributed by atoms with van der Waals surface area (Å²) in [6.45, 7) is 3.40. The van der Waals surface area contributed by atoms with Crippen molar-refractivity contribution in [2.24, 2.45) is 21.8 Å². The van der Waals surface area contributed by atoms with E-state index in [-0.39, 0.29) is 11.9 Å². The summed E-state index contributed by atoms with van der Waals surface area (Å²) in [4.78, 5) is 22.8. The van der Waals surface area contributed by atoms with Gasteiger partial charge < -0.3 is 9.64 Å². The molecule has 2 aromatic rings. The fourth-order valence-corrected chi connectivity index (χ4v) is 5.44. The summed E-state index contributed by atoms with van der Waals surface area (Å²) in [5.74, 6) is 3.59. The topological polar surface area (TPSA) is 81.5 Å². The summed E-state index contributed by atoms with van der Waals surface area (Å²) in [6, 6.07) is 8.73. The predicted molar refractivity (Wildman–Crippen MR) is 124 cm³/mol. The van der Waals surface area contributed by atoms with Crippen LogP contribution in [-0.4, -0.2) is 66.2 Å². The first-order valence-electron chi connectivity index (χ1n) is 11.5. The third-order valence-corrected chi connectivity index (χ3v) is 6.96. The largest absolute Gasteiger partial charge is 0.481 e. The molecule has 3 fully saturated rings. The van der Waals surface area contributed by atoms with Crippen LogP contribution in [0.4, 0.5) is 15.9 Å². The van der Waals surface area contributed by atoms with Gasteiger partial charge in [0.2, 0.25) is 17.8 Å². The minimum atomic E-state index is -0.268. The summed E-state index contributed by atoms with van der Waals surface area (Å²) in [5, 5.41) is 2.03. The van der Waals surface area contributed by atoms with Crippen LogP contribution in [-0.2, 0) is 0 Å². The number of benzene rings is 1. The summed E-state index contributed by atoms with van der Waals surface area (Å²) in [6.07, 6.45) is 4.80. The van der Waals surface area contributed by atoms with Crippen LogP contribution in [0, 0.1) is 17.7 Å². The van der Waals surface area contributed by atoms with Crippen LogP contribution in [0.1, 0.15) is 19.3 Å². The maximum absolute atomic E-state index is 14.1. The van der Waals surface area contributed by atoms with Gasteiger partial charge in [0.25, 0.3) is 0 Å². The zero-order chi connectivity index (χ0) is 22.4. The molecular weight excluding hydrogens is 423 g/mol. The van der Waals surface area contributed by atoms with Crippen LogP contribution < -0.4 is 20.0 Å². The van der Waals surface area contributed by atoms with E-state index in [4.69, 9.17) is 14.7 Å². The zero-order valence-corrected chi connectivity index (χ0v) is 18.6. The van der Waals surface area contributed by atoms with Gasteiger partial charge in [-0.05, 0) is 49.3 Å². The molecule has 10 heteroatoms. The van der Waals surface area contributed by atoms with Crippen molar-refractivity contribution in [3.63, 3.8) is 0 Å². The van der Waals surface area contributed by atoms with E-state index in [2.05, 4.69) is 20.3 Å². The Hall–Kier alpha value is -3.43. The lowest BCUT2D eigenvalue weighted by atomic mass is 9.92. The number of hydrogen-bond donors (Lipinski definition) is 1. The minimum Gasteiger partial charge on any atom is -0.481 e. The molecule has 2 unspecified atom stereocenters. The highest BCUT2D eigenvalue weighted by Crippen LogP contribution is 2.41. The Bertz CT molecular complexity index is 1090. The Morgan fingerprint density at radius 1 is 1.15 bits per heavy atom. The molecule has 1 aromatic carbocycles. The number of aliphatic imine (C=N–C) groups is 2. The molecule has 1 aliphatic carbocycles. The average molecular weight is 451 g/mol. The van der Waals surface area contributed by atoms with Gasteiger partial charge in [0, 0.05) is 32.2 Å². The first-order chi connectivity index (χ1) is 16.2. The fraction of sp³-hybridized carbons (Fsp3) is 0.478. The molecule has 2 saturated heterocycles. The number of hydrogen-bond acceptors (Lipinski definition) is 7. The van der Waals surface area contributed by atoms with Gasteiger partial charge in [-0.25, -0.2) is 24.3 Å². The van der Waals surface area contributed by atoms with E-state index in [0.29, 0.717) is 17.7 Å². The number of piperidine rings is 1. The molecule has 3 aliphatic heterocycles. The fourth-order valence-electron chi connectivity index (χ4n) is 5.44. The number of hydrazine groups is 1. The molecule has 4 aliphatic rings. The van der Waals surface area contributed by atoms with Crippen molar-refractivity contribution >= 4 is 23.4 Å². The number of halogens is 1. The molecule has 1 saturated carbocycles. The molecule has 0 amide bonds. The Balaban J connectivity index is 1.29. The lowest BCUT2D eigenvalue weighted by Crippen LogP contribution is -2.46. The summed E-state index contributed by atoms with van der Waals surface area (Å²) in [7, 11) is 1.62. The molecule has 1 aromatic heterocycles. The first kappa shape index (κ1) is 20.2. The number of nitrogens with one attached hydrogen (secondary N) is 1. The van der Waals surface area contributed by atoms with Gasteiger partial charge in [0.05, 0.1) is 18.8 Å². The second-order valence-electron chi connectivity index (χ2n) is 8.98. The number of nitrogens with zero attached hydrogens (tertiary/aromatic N) is 7. The van der Waals surface area contributed by atoms with Crippen molar-refractivity contribution in [3.05, 3.63) is 42.5 Å². The summed E-state index contributed by atoms with van der Waals surface area (Å²) < 4.78 is 19.3. The molecule has 0 radical (unpaired) electrons. The standard InChI is InChI=1S/C23H27FN8O/c1-33-20-11-19(26-14-27-20)30-12-15-6-7-16(13-30)21(15)28-22-29-31-9-3-8-25-23(31)32(22)18-5-2-4-17(24)10-18/h2,4-5,10-11,14-16,21H,3,6-9,12-13H2,1H3,(H,28,29). The maximum atomic E-state index is 14.1. The van der Waals surface area contributed by atoms with E-state index in [9.17, 15) is 4.39 Å². The van der Waals surface area contributed by atoms with Crippen molar-refractivity contribution < 1.29 is 9.13 Å². The molecule has 4 heterocycles. The molecule has 33 heavy (non-hydrogen) atoms. The van der Waals surface area contributed by atoms with Gasteiger partial charge in [0.15, 0.2) is 0 Å². The van der Waals surface area contributed by atoms with E-state index in [1.54, 1.807) is 19.5 Å². The highest BCUT2D eigenvalue weighted by atomic mass is 19.1. The number of aromatic nitrogens is 2. The molecular formula is C23H27FN8O. The average Bonchev–Trinajstić information content (AvgIpc) is 3.31. The highest BCUT2D eigenvalue weighted by molar-refractivity contribution is 6.21. The number of anilines is 2. The van der Waals surface area contributed by atoms with Crippen molar-refractivity contribution in [1.82, 2.24) is 20.4 Å². The first-order valence-corrected chi connectivity index (χ1v) is 11.5. The van der Waals surface area contributed by atoms with Gasteiger partial charge >= 0.3 is 0 Å². The monoisotopic (exact) mass is 450 g/mol. The van der Waals surface area contributed by atoms with E-state index < -0.39 is 0 Å². The summed E-state index contributed by atoms with van der Waals surface area (Å²) >= 11 is 0. The van der Waals surface area contributed by atoms with E-state index in [1.807, 2.05) is 22.0 Å². The SMILES string of the molecule is COc1cc(N2CC3CCC(C2)C3N=C2NN3CCCN=C3N2c2cccc(F)c2)ncn1. The van der Waals surface area contributed by atoms with Crippen molar-refractivity contribution in [2.75, 3.05) is 43.1 Å². The van der Waals surface area contributed by atoms with Crippen LogP contribution >= 0.6 is 0 Å². The minimum absolute atomic E-state index is 0.200. The lowest BCUT2D eigenvalue weighted by molar-refractivity contribution is 0.346. The number of ether oxygens (including phenoxy) is 1. The quantitative estimate of drug-likeness (QED) is 0.765. The third-order valence-electron chi connectivity index (χ3n) is 6.96. The smallest absolute Gasteiger partial charge is 0.227 e. The molecule has 1 N–H and O–H groups in total. The Kier molecular flexibility index (Phi) is 5.00. The summed E-state index contributed by atoms with van der Waals surface area (Å²) in [5.41, 5.74) is 4.18. The third kappa shape index (κ3) is 3.63. The molecule has 2 bridgehead atoms. The van der Waals surface area contributed by atoms with Crippen LogP contribution in [0.5, 0.6) is 5.88 Å². The second kappa shape index (κ2) is 8.17. The Morgan fingerprint density at radius 3 is 2.79 bits per heavy atom. The van der Waals surface area contributed by atoms with Crippen molar-refractivity contribution in [1.29, 1.82) is 0 Å². The Labute approximate surface area is 192 Å². The van der Waals surface area contributed by atoms with E-state index in [1.165, 1.54) is 12.1 Å². The molecule has 9 nitrogen and oxygen atoms in total.